The maximum absolute atomic E-state index is 11.7. The maximum atomic E-state index is 11.7. The lowest BCUT2D eigenvalue weighted by Gasteiger charge is -2.16. The summed E-state index contributed by atoms with van der Waals surface area (Å²) in [4.78, 5) is 13.6. The van der Waals surface area contributed by atoms with Gasteiger partial charge in [0.05, 0.1) is 0 Å². The van der Waals surface area contributed by atoms with Gasteiger partial charge in [0.1, 0.15) is 0 Å². The minimum absolute atomic E-state index is 0.219. The van der Waals surface area contributed by atoms with Crippen LogP contribution in [0.25, 0.3) is 0 Å². The van der Waals surface area contributed by atoms with E-state index in [1.54, 1.807) is 6.08 Å². The normalized spacial score (nSPS) is 10.4. The summed E-state index contributed by atoms with van der Waals surface area (Å²) in [5.41, 5.74) is 2.78. The summed E-state index contributed by atoms with van der Waals surface area (Å²) in [7, 11) is 1.89. The molecule has 0 aliphatic carbocycles. The molecule has 21 heavy (non-hydrogen) atoms. The highest BCUT2D eigenvalue weighted by molar-refractivity contribution is 7.97. The molecule has 2 nitrogen and oxygen atoms in total. The average molecular weight is 305 g/mol. The van der Waals surface area contributed by atoms with Gasteiger partial charge in [0.25, 0.3) is 0 Å². The van der Waals surface area contributed by atoms with Crippen LogP contribution in [0, 0.1) is 0 Å². The molecule has 0 radical (unpaired) electrons. The van der Waals surface area contributed by atoms with E-state index >= 15 is 0 Å². The molecule has 1 aromatic carbocycles. The number of allylic oxidation sites excluding steroid dienone is 1. The Bertz CT molecular complexity index is 427. The highest BCUT2D eigenvalue weighted by atomic mass is 32.2. The summed E-state index contributed by atoms with van der Waals surface area (Å²) in [6, 6.07) is 8.89. The number of rotatable bonds is 10. The summed E-state index contributed by atoms with van der Waals surface area (Å²) < 4.78 is 0. The van der Waals surface area contributed by atoms with Crippen LogP contribution in [0.2, 0.25) is 0 Å². The number of hydrogen-bond acceptors (Lipinski definition) is 2. The van der Waals surface area contributed by atoms with Crippen molar-refractivity contribution >= 4 is 17.7 Å². The van der Waals surface area contributed by atoms with Gasteiger partial charge in [-0.1, -0.05) is 30.3 Å². The minimum Gasteiger partial charge on any atom is -0.346 e. The number of unbranched alkanes of at least 4 members (excludes halogenated alkanes) is 1. The van der Waals surface area contributed by atoms with Crippen molar-refractivity contribution in [2.75, 3.05) is 19.8 Å². The third kappa shape index (κ3) is 7.37. The molecule has 0 saturated carbocycles. The van der Waals surface area contributed by atoms with Crippen molar-refractivity contribution in [1.29, 1.82) is 0 Å². The molecular weight excluding hydrogens is 278 g/mol. The van der Waals surface area contributed by atoms with Crippen LogP contribution in [0.1, 0.15) is 36.8 Å². The highest BCUT2D eigenvalue weighted by Crippen LogP contribution is 2.12. The number of aryl methyl sites for hydroxylation is 1. The van der Waals surface area contributed by atoms with Gasteiger partial charge in [0, 0.05) is 25.8 Å². The molecule has 0 saturated heterocycles. The van der Waals surface area contributed by atoms with Crippen LogP contribution >= 0.6 is 11.8 Å². The summed E-state index contributed by atoms with van der Waals surface area (Å²) in [5.74, 6) is 1.30. The van der Waals surface area contributed by atoms with Crippen LogP contribution in [0.15, 0.2) is 36.9 Å². The zero-order chi connectivity index (χ0) is 15.5. The molecule has 0 fully saturated rings. The number of hydrogen-bond donors (Lipinski definition) is 0. The lowest BCUT2D eigenvalue weighted by Crippen LogP contribution is -2.27. The maximum Gasteiger partial charge on any atom is 0.222 e. The van der Waals surface area contributed by atoms with Gasteiger partial charge in [-0.2, -0.15) is 11.8 Å². The van der Waals surface area contributed by atoms with Gasteiger partial charge in [-0.15, -0.1) is 6.58 Å². The molecule has 3 heteroatoms. The van der Waals surface area contributed by atoms with E-state index in [9.17, 15) is 4.79 Å². The topological polar surface area (TPSA) is 20.3 Å². The molecule has 1 rings (SSSR count). The molecule has 0 aliphatic rings. The quantitative estimate of drug-likeness (QED) is 0.474. The lowest BCUT2D eigenvalue weighted by molar-refractivity contribution is -0.129. The van der Waals surface area contributed by atoms with Gasteiger partial charge in [0.15, 0.2) is 0 Å². The summed E-state index contributed by atoms with van der Waals surface area (Å²) in [5, 5.41) is 0. The smallest absolute Gasteiger partial charge is 0.222 e. The molecule has 0 N–H and O–H groups in total. The fraction of sp³-hybridized carbons (Fsp3) is 0.500. The second kappa shape index (κ2) is 10.5. The largest absolute Gasteiger partial charge is 0.346 e. The first-order valence-corrected chi connectivity index (χ1v) is 8.98. The van der Waals surface area contributed by atoms with Gasteiger partial charge < -0.3 is 4.90 Å². The van der Waals surface area contributed by atoms with Gasteiger partial charge in [-0.3, -0.25) is 4.79 Å². The fourth-order valence-corrected chi connectivity index (χ4v) is 2.71. The van der Waals surface area contributed by atoms with Crippen molar-refractivity contribution in [1.82, 2.24) is 4.90 Å². The Morgan fingerprint density at radius 2 is 1.90 bits per heavy atom. The first-order chi connectivity index (χ1) is 10.2. The molecular formula is C18H27NOS. The number of nitrogens with zero attached hydrogens (tertiary/aromatic N) is 1. The van der Waals surface area contributed by atoms with E-state index in [0.717, 1.165) is 38.0 Å². The van der Waals surface area contributed by atoms with E-state index in [4.69, 9.17) is 0 Å². The van der Waals surface area contributed by atoms with Gasteiger partial charge in [0.2, 0.25) is 5.91 Å². The first kappa shape index (κ1) is 17.8. The van der Waals surface area contributed by atoms with Crippen LogP contribution in [0.4, 0.5) is 0 Å². The molecule has 0 spiro atoms. The zero-order valence-corrected chi connectivity index (χ0v) is 14.1. The Hall–Kier alpha value is -1.22. The highest BCUT2D eigenvalue weighted by Gasteiger charge is 2.06. The van der Waals surface area contributed by atoms with Gasteiger partial charge in [-0.05, 0) is 43.1 Å². The van der Waals surface area contributed by atoms with Crippen molar-refractivity contribution in [3.63, 3.8) is 0 Å². The van der Waals surface area contributed by atoms with Crippen molar-refractivity contribution in [2.45, 2.75) is 37.9 Å². The summed E-state index contributed by atoms with van der Waals surface area (Å²) in [6.07, 6.45) is 8.55. The standard InChI is InChI=1S/C18H27NOS/c1-4-5-9-18(20)19(2)14-7-6-8-16-10-12-17(13-11-16)15-21-3/h4,10-13H,1,5-9,14-15H2,2-3H3. The second-order valence-corrected chi connectivity index (χ2v) is 6.22. The number of carbonyl (C=O) groups excluding carboxylic acids is 1. The predicted octanol–water partition coefficient (Wildman–Crippen LogP) is 4.30. The lowest BCUT2D eigenvalue weighted by atomic mass is 10.1. The van der Waals surface area contributed by atoms with Crippen molar-refractivity contribution in [3.8, 4) is 0 Å². The van der Waals surface area contributed by atoms with E-state index < -0.39 is 0 Å². The van der Waals surface area contributed by atoms with E-state index in [2.05, 4.69) is 37.1 Å². The van der Waals surface area contributed by atoms with Crippen LogP contribution in [0.5, 0.6) is 0 Å². The van der Waals surface area contributed by atoms with Gasteiger partial charge in [-0.25, -0.2) is 0 Å². The first-order valence-electron chi connectivity index (χ1n) is 7.59. The Morgan fingerprint density at radius 3 is 2.52 bits per heavy atom. The van der Waals surface area contributed by atoms with Crippen LogP contribution < -0.4 is 0 Å². The van der Waals surface area contributed by atoms with Crippen molar-refractivity contribution in [2.24, 2.45) is 0 Å². The van der Waals surface area contributed by atoms with Gasteiger partial charge >= 0.3 is 0 Å². The van der Waals surface area contributed by atoms with E-state index in [-0.39, 0.29) is 5.91 Å². The zero-order valence-electron chi connectivity index (χ0n) is 13.3. The van der Waals surface area contributed by atoms with E-state index in [1.165, 1.54) is 11.1 Å². The Labute approximate surface area is 133 Å². The molecule has 0 bridgehead atoms. The molecule has 0 heterocycles. The molecule has 0 aromatic heterocycles. The molecule has 0 aliphatic heterocycles. The molecule has 1 amide bonds. The van der Waals surface area contributed by atoms with Crippen LogP contribution in [0.3, 0.4) is 0 Å². The molecule has 0 atom stereocenters. The third-order valence-corrected chi connectivity index (χ3v) is 4.15. The van der Waals surface area contributed by atoms with Crippen LogP contribution in [-0.2, 0) is 17.0 Å². The van der Waals surface area contributed by atoms with E-state index in [1.807, 2.05) is 23.7 Å². The number of amides is 1. The Morgan fingerprint density at radius 1 is 1.24 bits per heavy atom. The second-order valence-electron chi connectivity index (χ2n) is 5.35. The SMILES string of the molecule is C=CCCC(=O)N(C)CCCCc1ccc(CSC)cc1. The Balaban J connectivity index is 2.21. The number of benzene rings is 1. The molecule has 0 unspecified atom stereocenters. The number of carbonyl (C=O) groups is 1. The van der Waals surface area contributed by atoms with Crippen LogP contribution in [-0.4, -0.2) is 30.7 Å². The third-order valence-electron chi connectivity index (χ3n) is 3.53. The molecule has 1 aromatic rings. The minimum atomic E-state index is 0.219. The van der Waals surface area contributed by atoms with E-state index in [0.29, 0.717) is 6.42 Å². The fourth-order valence-electron chi connectivity index (χ4n) is 2.19. The molecule has 116 valence electrons. The van der Waals surface area contributed by atoms with Crippen molar-refractivity contribution < 1.29 is 4.79 Å². The van der Waals surface area contributed by atoms with Crippen molar-refractivity contribution in [3.05, 3.63) is 48.0 Å². The average Bonchev–Trinajstić information content (AvgIpc) is 2.50. The monoisotopic (exact) mass is 305 g/mol. The predicted molar refractivity (Wildman–Crippen MR) is 93.7 cm³/mol. The summed E-state index contributed by atoms with van der Waals surface area (Å²) >= 11 is 1.85. The summed E-state index contributed by atoms with van der Waals surface area (Å²) in [6.45, 7) is 4.49. The Kier molecular flexibility index (Phi) is 8.91. The number of thioether (sulfide) groups is 1.